The Morgan fingerprint density at radius 2 is 1.29 bits per heavy atom. The van der Waals surface area contributed by atoms with Crippen molar-refractivity contribution in [2.24, 2.45) is 11.3 Å². The van der Waals surface area contributed by atoms with Crippen molar-refractivity contribution in [1.29, 1.82) is 0 Å². The van der Waals surface area contributed by atoms with Crippen LogP contribution in [0.2, 0.25) is 0 Å². The summed E-state index contributed by atoms with van der Waals surface area (Å²) in [6.07, 6.45) is 28.9. The number of hydrogen-bond acceptors (Lipinski definition) is 0. The molecule has 0 aliphatic heterocycles. The molecule has 10 rings (SSSR count). The van der Waals surface area contributed by atoms with Crippen LogP contribution >= 0.6 is 0 Å². The van der Waals surface area contributed by atoms with Gasteiger partial charge in [-0.15, -0.1) is 0 Å². The Bertz CT molecular complexity index is 2940. The average molecular weight is 847 g/mol. The smallest absolute Gasteiger partial charge is 0.0121 e. The molecule has 326 valence electrons. The largest absolute Gasteiger partial charge is 0.0804 e. The van der Waals surface area contributed by atoms with Gasteiger partial charge in [0, 0.05) is 16.7 Å². The van der Waals surface area contributed by atoms with Crippen LogP contribution in [0.25, 0.3) is 44.5 Å². The molecule has 0 nitrogen and oxygen atoms in total. The van der Waals surface area contributed by atoms with Crippen molar-refractivity contribution in [3.05, 3.63) is 226 Å². The average Bonchev–Trinajstić information content (AvgIpc) is 3.57. The molecule has 2 unspecified atom stereocenters. The molecule has 0 radical (unpaired) electrons. The van der Waals surface area contributed by atoms with Crippen molar-refractivity contribution in [3.8, 4) is 33.4 Å². The van der Waals surface area contributed by atoms with E-state index >= 15 is 0 Å². The highest BCUT2D eigenvalue weighted by molar-refractivity contribution is 5.90. The van der Waals surface area contributed by atoms with Crippen LogP contribution in [-0.2, 0) is 10.8 Å². The van der Waals surface area contributed by atoms with Gasteiger partial charge in [-0.1, -0.05) is 217 Å². The minimum absolute atomic E-state index is 0.000548. The zero-order chi connectivity index (χ0) is 45.1. The van der Waals surface area contributed by atoms with Gasteiger partial charge in [0.25, 0.3) is 0 Å². The van der Waals surface area contributed by atoms with Crippen molar-refractivity contribution in [2.45, 2.75) is 111 Å². The lowest BCUT2D eigenvalue weighted by molar-refractivity contribution is 0.523. The second kappa shape index (κ2) is 16.8. The predicted octanol–water partition coefficient (Wildman–Crippen LogP) is 18.1. The molecular formula is C65H66. The third kappa shape index (κ3) is 7.78. The van der Waals surface area contributed by atoms with Crippen molar-refractivity contribution < 1.29 is 0 Å². The second-order valence-corrected chi connectivity index (χ2v) is 21.2. The Balaban J connectivity index is 0.985. The standard InChI is InChI=1S/C65H66/c1-9-44(38-53-39-52-22-16-17-23-59(52)64(53,5)6)55-32-27-49(45-18-12-10-13-19-45)40-58(55)51-29-31-54-43(2)24-25-48(36-37-63(3,4)61(54)42-51)47-26-33-56-57-34-28-50(46-20-14-11-15-21-46)41-62(57)65(7,8)60(56)35-30-47/h9-15,18-29,31-34,36,38,40-43,47H,16-17,30,35,37,39H2,1-8H3/b25-24-,44-9+,48-36+,53-38+. The molecule has 5 aromatic rings. The van der Waals surface area contributed by atoms with Crippen LogP contribution in [-0.4, -0.2) is 0 Å². The Morgan fingerprint density at radius 1 is 0.615 bits per heavy atom. The van der Waals surface area contributed by atoms with Crippen LogP contribution in [0.4, 0.5) is 0 Å². The van der Waals surface area contributed by atoms with Crippen molar-refractivity contribution in [3.63, 3.8) is 0 Å². The van der Waals surface area contributed by atoms with Gasteiger partial charge in [-0.25, -0.2) is 0 Å². The summed E-state index contributed by atoms with van der Waals surface area (Å²) in [5.74, 6) is 0.655. The van der Waals surface area contributed by atoms with Gasteiger partial charge >= 0.3 is 0 Å². The molecule has 2 atom stereocenters. The third-order valence-electron chi connectivity index (χ3n) is 16.0. The highest BCUT2D eigenvalue weighted by Crippen LogP contribution is 2.54. The molecule has 1 saturated carbocycles. The van der Waals surface area contributed by atoms with Gasteiger partial charge < -0.3 is 0 Å². The maximum Gasteiger partial charge on any atom is 0.0121 e. The fraction of sp³-hybridized carbons (Fsp3) is 0.292. The first-order chi connectivity index (χ1) is 31.3. The zero-order valence-electron chi connectivity index (χ0n) is 40.1. The molecular weight excluding hydrogens is 781 g/mol. The van der Waals surface area contributed by atoms with Crippen LogP contribution in [0.5, 0.6) is 0 Å². The monoisotopic (exact) mass is 847 g/mol. The molecule has 0 heterocycles. The topological polar surface area (TPSA) is 0 Å². The van der Waals surface area contributed by atoms with Crippen LogP contribution in [0, 0.1) is 11.3 Å². The van der Waals surface area contributed by atoms with Gasteiger partial charge in [-0.2, -0.15) is 0 Å². The molecule has 65 heavy (non-hydrogen) atoms. The van der Waals surface area contributed by atoms with E-state index in [0.717, 1.165) is 38.5 Å². The second-order valence-electron chi connectivity index (χ2n) is 21.2. The van der Waals surface area contributed by atoms with Gasteiger partial charge in [0.05, 0.1) is 0 Å². The Labute approximate surface area is 390 Å². The minimum atomic E-state index is -0.0725. The van der Waals surface area contributed by atoms with Crippen LogP contribution in [0.15, 0.2) is 198 Å². The molecule has 0 heteroatoms. The Kier molecular flexibility index (Phi) is 11.1. The van der Waals surface area contributed by atoms with Gasteiger partial charge in [0.2, 0.25) is 0 Å². The van der Waals surface area contributed by atoms with Gasteiger partial charge in [0.1, 0.15) is 0 Å². The highest BCUT2D eigenvalue weighted by Gasteiger charge is 2.39. The zero-order valence-corrected chi connectivity index (χ0v) is 40.1. The summed E-state index contributed by atoms with van der Waals surface area (Å²) in [6, 6.07) is 43.5. The Morgan fingerprint density at radius 3 is 2.02 bits per heavy atom. The minimum Gasteiger partial charge on any atom is -0.0804 e. The molecule has 0 amide bonds. The summed E-state index contributed by atoms with van der Waals surface area (Å²) in [5.41, 5.74) is 25.1. The molecule has 5 aliphatic carbocycles. The molecule has 0 bridgehead atoms. The van der Waals surface area contributed by atoms with Crippen molar-refractivity contribution in [2.75, 3.05) is 0 Å². The van der Waals surface area contributed by atoms with Crippen molar-refractivity contribution >= 4 is 11.1 Å². The van der Waals surface area contributed by atoms with Crippen LogP contribution in [0.3, 0.4) is 0 Å². The predicted molar refractivity (Wildman–Crippen MR) is 280 cm³/mol. The lowest BCUT2D eigenvalue weighted by Crippen LogP contribution is -2.19. The van der Waals surface area contributed by atoms with E-state index in [9.17, 15) is 0 Å². The van der Waals surface area contributed by atoms with E-state index in [1.54, 1.807) is 5.57 Å². The van der Waals surface area contributed by atoms with Gasteiger partial charge in [-0.05, 0) is 158 Å². The first kappa shape index (κ1) is 42.9. The van der Waals surface area contributed by atoms with Crippen molar-refractivity contribution in [1.82, 2.24) is 0 Å². The molecule has 0 spiro atoms. The van der Waals surface area contributed by atoms with E-state index in [1.807, 2.05) is 0 Å². The van der Waals surface area contributed by atoms with E-state index in [-0.39, 0.29) is 22.2 Å². The molecule has 0 N–H and O–H groups in total. The summed E-state index contributed by atoms with van der Waals surface area (Å²) >= 11 is 0. The van der Waals surface area contributed by atoms with E-state index in [1.165, 1.54) is 94.6 Å². The molecule has 1 fully saturated rings. The number of allylic oxidation sites excluding steroid dienone is 16. The molecule has 0 aromatic heterocycles. The molecule has 5 aromatic carbocycles. The van der Waals surface area contributed by atoms with Crippen LogP contribution < -0.4 is 0 Å². The summed E-state index contributed by atoms with van der Waals surface area (Å²) < 4.78 is 0. The third-order valence-corrected chi connectivity index (χ3v) is 16.0. The Hall–Kier alpha value is -5.98. The summed E-state index contributed by atoms with van der Waals surface area (Å²) in [4.78, 5) is 0. The molecule has 0 saturated heterocycles. The fourth-order valence-electron chi connectivity index (χ4n) is 11.9. The van der Waals surface area contributed by atoms with E-state index in [2.05, 4.69) is 225 Å². The fourth-order valence-corrected chi connectivity index (χ4v) is 11.9. The first-order valence-electron chi connectivity index (χ1n) is 24.5. The highest BCUT2D eigenvalue weighted by atomic mass is 14.4. The molecule has 5 aliphatic rings. The first-order valence-corrected chi connectivity index (χ1v) is 24.5. The van der Waals surface area contributed by atoms with Gasteiger partial charge in [0.15, 0.2) is 0 Å². The summed E-state index contributed by atoms with van der Waals surface area (Å²) in [7, 11) is 0. The number of hydrogen-bond donors (Lipinski definition) is 0. The maximum atomic E-state index is 2.58. The van der Waals surface area contributed by atoms with Gasteiger partial charge in [-0.3, -0.25) is 0 Å². The van der Waals surface area contributed by atoms with E-state index in [0.29, 0.717) is 5.92 Å². The summed E-state index contributed by atoms with van der Waals surface area (Å²) in [5, 5.41) is 0. The van der Waals surface area contributed by atoms with Crippen LogP contribution in [0.1, 0.15) is 128 Å². The van der Waals surface area contributed by atoms with E-state index < -0.39 is 0 Å². The van der Waals surface area contributed by atoms with E-state index in [4.69, 9.17) is 0 Å². The maximum absolute atomic E-state index is 2.58. The lowest BCUT2D eigenvalue weighted by Gasteiger charge is -2.29. The normalized spacial score (nSPS) is 23.7. The summed E-state index contributed by atoms with van der Waals surface area (Å²) in [6.45, 7) is 19.3. The SMILES string of the molecule is C/C=C(\C=C1/CC2=CCCC=C2C1(C)C)c1ccc(-c2ccccc2)cc1-c1ccc2c(c1)C(C)(C)C/C=C(C1C=CC3=C(CC1)C(C)(C)c1cc(-c4ccccc4)ccc13)\C=C/C2C. The number of fused-ring (bicyclic) bond motifs is 4. The number of benzene rings is 5. The number of rotatable bonds is 6. The quantitative estimate of drug-likeness (QED) is 0.160. The lowest BCUT2D eigenvalue weighted by atomic mass is 9.75.